The van der Waals surface area contributed by atoms with Crippen LogP contribution in [0.3, 0.4) is 0 Å². The molecule has 0 spiro atoms. The van der Waals surface area contributed by atoms with E-state index in [1.54, 1.807) is 0 Å². The molecule has 1 atom stereocenters. The van der Waals surface area contributed by atoms with Crippen LogP contribution >= 0.6 is 11.6 Å². The maximum atomic E-state index is 5.81. The number of halogens is 1. The number of benzene rings is 1. The Morgan fingerprint density at radius 2 is 2.00 bits per heavy atom. The molecular weight excluding hydrogens is 160 g/mol. The van der Waals surface area contributed by atoms with Crippen molar-refractivity contribution >= 4 is 11.6 Å². The largest absolute Gasteiger partial charge is 0.479 e. The Balaban J connectivity index is 2.68. The zero-order valence-corrected chi connectivity index (χ0v) is 6.79. The van der Waals surface area contributed by atoms with Crippen LogP contribution < -0.4 is 0 Å². The van der Waals surface area contributed by atoms with Crippen molar-refractivity contribution in [3.8, 4) is 0 Å². The Morgan fingerprint density at radius 3 is 2.55 bits per heavy atom. The fraction of sp³-hybridized carbons (Fsp3) is 0.111. The third kappa shape index (κ3) is 2.28. The van der Waals surface area contributed by atoms with E-state index in [0.29, 0.717) is 0 Å². The molecule has 1 nitrogen and oxygen atoms in total. The molecule has 0 saturated carbocycles. The zero-order chi connectivity index (χ0) is 8.10. The maximum absolute atomic E-state index is 5.81. The predicted molar refractivity (Wildman–Crippen MR) is 46.3 cm³/mol. The van der Waals surface area contributed by atoms with Gasteiger partial charge in [-0.05, 0) is 0 Å². The summed E-state index contributed by atoms with van der Waals surface area (Å²) in [5.74, 6) is 0. The highest BCUT2D eigenvalue weighted by atomic mass is 35.5. The summed E-state index contributed by atoms with van der Waals surface area (Å²) in [5, 5.41) is 0. The van der Waals surface area contributed by atoms with Gasteiger partial charge in [-0.15, -0.1) is 0 Å². The average Bonchev–Trinajstić information content (AvgIpc) is 2.07. The van der Waals surface area contributed by atoms with Crippen molar-refractivity contribution in [2.24, 2.45) is 0 Å². The van der Waals surface area contributed by atoms with Gasteiger partial charge in [0.05, 0.1) is 6.26 Å². The maximum Gasteiger partial charge on any atom is 0.196 e. The monoisotopic (exact) mass is 168 g/mol. The van der Waals surface area contributed by atoms with Crippen LogP contribution in [0.15, 0.2) is 43.2 Å². The summed E-state index contributed by atoms with van der Waals surface area (Å²) in [7, 11) is 0. The van der Waals surface area contributed by atoms with E-state index in [9.17, 15) is 0 Å². The molecule has 1 aromatic rings. The van der Waals surface area contributed by atoms with Crippen LogP contribution in [-0.4, -0.2) is 0 Å². The molecule has 2 heteroatoms. The van der Waals surface area contributed by atoms with Crippen molar-refractivity contribution in [2.75, 3.05) is 0 Å². The first kappa shape index (κ1) is 8.15. The summed E-state index contributed by atoms with van der Waals surface area (Å²) in [4.78, 5) is 0. The Morgan fingerprint density at radius 1 is 1.36 bits per heavy atom. The molecule has 58 valence electrons. The standard InChI is InChI=1S/C9H9ClO/c1-2-11-9(10)8-6-4-3-5-7-8/h2-7,9H,1H2. The summed E-state index contributed by atoms with van der Waals surface area (Å²) in [6, 6.07) is 9.57. The Kier molecular flexibility index (Phi) is 2.99. The van der Waals surface area contributed by atoms with E-state index in [2.05, 4.69) is 6.58 Å². The third-order valence-electron chi connectivity index (χ3n) is 1.28. The van der Waals surface area contributed by atoms with E-state index in [4.69, 9.17) is 16.3 Å². The molecule has 0 amide bonds. The highest BCUT2D eigenvalue weighted by Crippen LogP contribution is 2.20. The number of alkyl halides is 1. The van der Waals surface area contributed by atoms with Gasteiger partial charge in [0.15, 0.2) is 5.56 Å². The lowest BCUT2D eigenvalue weighted by Crippen LogP contribution is -1.89. The Bertz CT molecular complexity index is 220. The normalized spacial score (nSPS) is 12.1. The van der Waals surface area contributed by atoms with Crippen molar-refractivity contribution < 1.29 is 4.74 Å². The molecule has 11 heavy (non-hydrogen) atoms. The summed E-state index contributed by atoms with van der Waals surface area (Å²) in [6.45, 7) is 3.42. The molecule has 0 aliphatic carbocycles. The summed E-state index contributed by atoms with van der Waals surface area (Å²) >= 11 is 5.81. The van der Waals surface area contributed by atoms with Crippen molar-refractivity contribution in [3.63, 3.8) is 0 Å². The van der Waals surface area contributed by atoms with Crippen molar-refractivity contribution in [1.29, 1.82) is 0 Å². The first-order valence-corrected chi connectivity index (χ1v) is 3.73. The van der Waals surface area contributed by atoms with Crippen LogP contribution in [0.4, 0.5) is 0 Å². The summed E-state index contributed by atoms with van der Waals surface area (Å²) in [5.41, 5.74) is 0.516. The van der Waals surface area contributed by atoms with Crippen LogP contribution in [0.2, 0.25) is 0 Å². The van der Waals surface area contributed by atoms with Gasteiger partial charge in [0.25, 0.3) is 0 Å². The number of rotatable bonds is 3. The molecule has 0 N–H and O–H groups in total. The molecule has 1 unspecified atom stereocenters. The first-order valence-electron chi connectivity index (χ1n) is 3.30. The Labute approximate surface area is 71.3 Å². The summed E-state index contributed by atoms with van der Waals surface area (Å²) in [6.07, 6.45) is 1.34. The topological polar surface area (TPSA) is 9.23 Å². The quantitative estimate of drug-likeness (QED) is 0.498. The molecule has 0 aliphatic rings. The van der Waals surface area contributed by atoms with Gasteiger partial charge in [0.1, 0.15) is 0 Å². The second-order valence-corrected chi connectivity index (χ2v) is 2.43. The number of hydrogen-bond acceptors (Lipinski definition) is 1. The minimum absolute atomic E-state index is 0.423. The molecule has 0 fully saturated rings. The zero-order valence-electron chi connectivity index (χ0n) is 6.03. The van der Waals surface area contributed by atoms with Gasteiger partial charge >= 0.3 is 0 Å². The number of hydrogen-bond donors (Lipinski definition) is 0. The molecule has 0 heterocycles. The van der Waals surface area contributed by atoms with Gasteiger partial charge in [0.2, 0.25) is 0 Å². The predicted octanol–water partition coefficient (Wildman–Crippen LogP) is 3.08. The number of ether oxygens (including phenoxy) is 1. The average molecular weight is 169 g/mol. The van der Waals surface area contributed by atoms with Crippen molar-refractivity contribution in [3.05, 3.63) is 48.7 Å². The molecular formula is C9H9ClO. The molecule has 0 aliphatic heterocycles. The fourth-order valence-electron chi connectivity index (χ4n) is 0.767. The molecule has 1 rings (SSSR count). The fourth-order valence-corrected chi connectivity index (χ4v) is 0.986. The van der Waals surface area contributed by atoms with Gasteiger partial charge in [0, 0.05) is 5.56 Å². The van der Waals surface area contributed by atoms with E-state index in [0.717, 1.165) is 5.56 Å². The lowest BCUT2D eigenvalue weighted by molar-refractivity contribution is 0.221. The van der Waals surface area contributed by atoms with Crippen LogP contribution in [0.1, 0.15) is 11.1 Å². The molecule has 1 aromatic carbocycles. The van der Waals surface area contributed by atoms with Gasteiger partial charge in [-0.25, -0.2) is 0 Å². The first-order chi connectivity index (χ1) is 5.34. The van der Waals surface area contributed by atoms with Crippen molar-refractivity contribution in [1.82, 2.24) is 0 Å². The van der Waals surface area contributed by atoms with Gasteiger partial charge in [-0.2, -0.15) is 0 Å². The third-order valence-corrected chi connectivity index (χ3v) is 1.63. The van der Waals surface area contributed by atoms with E-state index in [-0.39, 0.29) is 0 Å². The minimum Gasteiger partial charge on any atom is -0.479 e. The highest BCUT2D eigenvalue weighted by molar-refractivity contribution is 6.19. The van der Waals surface area contributed by atoms with E-state index >= 15 is 0 Å². The van der Waals surface area contributed by atoms with E-state index < -0.39 is 5.56 Å². The van der Waals surface area contributed by atoms with Crippen molar-refractivity contribution in [2.45, 2.75) is 5.56 Å². The van der Waals surface area contributed by atoms with Crippen LogP contribution in [0.5, 0.6) is 0 Å². The second-order valence-electron chi connectivity index (χ2n) is 2.03. The Hall–Kier alpha value is -0.950. The van der Waals surface area contributed by atoms with Crippen LogP contribution in [0, 0.1) is 0 Å². The van der Waals surface area contributed by atoms with E-state index in [1.807, 2.05) is 30.3 Å². The minimum atomic E-state index is -0.423. The molecule has 0 saturated heterocycles. The highest BCUT2D eigenvalue weighted by Gasteiger charge is 2.03. The van der Waals surface area contributed by atoms with Crippen LogP contribution in [0.25, 0.3) is 0 Å². The van der Waals surface area contributed by atoms with Crippen LogP contribution in [-0.2, 0) is 4.74 Å². The molecule has 0 radical (unpaired) electrons. The SMILES string of the molecule is C=COC(Cl)c1ccccc1. The van der Waals surface area contributed by atoms with Gasteiger partial charge < -0.3 is 4.74 Å². The lowest BCUT2D eigenvalue weighted by Gasteiger charge is -2.07. The summed E-state index contributed by atoms with van der Waals surface area (Å²) < 4.78 is 4.96. The smallest absolute Gasteiger partial charge is 0.196 e. The van der Waals surface area contributed by atoms with E-state index in [1.165, 1.54) is 6.26 Å². The molecule has 0 bridgehead atoms. The second kappa shape index (κ2) is 4.04. The molecule has 0 aromatic heterocycles. The van der Waals surface area contributed by atoms with Gasteiger partial charge in [-0.3, -0.25) is 0 Å². The lowest BCUT2D eigenvalue weighted by atomic mass is 10.2. The van der Waals surface area contributed by atoms with Gasteiger partial charge in [-0.1, -0.05) is 48.5 Å².